The molecule has 6 nitrogen and oxygen atoms in total. The van der Waals surface area contributed by atoms with Gasteiger partial charge in [-0.05, 0) is 64.3 Å². The summed E-state index contributed by atoms with van der Waals surface area (Å²) in [6, 6.07) is 9.65. The fourth-order valence-corrected chi connectivity index (χ4v) is 4.20. The normalized spacial score (nSPS) is 21.2. The minimum atomic E-state index is 0.125. The third kappa shape index (κ3) is 3.15. The summed E-state index contributed by atoms with van der Waals surface area (Å²) < 4.78 is 1.79. The average molecular weight is 353 g/mol. The van der Waals surface area contributed by atoms with Gasteiger partial charge >= 0.3 is 0 Å². The highest BCUT2D eigenvalue weighted by atomic mass is 16.2. The molecular formula is C20H27N5O. The lowest BCUT2D eigenvalue weighted by Crippen LogP contribution is -2.64. The molecule has 1 amide bonds. The summed E-state index contributed by atoms with van der Waals surface area (Å²) in [5.41, 5.74) is 1.79. The number of carbonyl (C=O) groups excluding carboxylic acids is 1. The smallest absolute Gasteiger partial charge is 0.254 e. The van der Waals surface area contributed by atoms with E-state index in [-0.39, 0.29) is 11.4 Å². The predicted molar refractivity (Wildman–Crippen MR) is 102 cm³/mol. The van der Waals surface area contributed by atoms with Gasteiger partial charge in [-0.25, -0.2) is 4.68 Å². The zero-order chi connectivity index (χ0) is 18.1. The van der Waals surface area contributed by atoms with E-state index in [2.05, 4.69) is 29.0 Å². The number of likely N-dealkylation sites (tertiary alicyclic amines) is 1. The molecule has 4 rings (SSSR count). The number of hydrogen-bond donors (Lipinski definition) is 0. The van der Waals surface area contributed by atoms with Gasteiger partial charge in [0.2, 0.25) is 0 Å². The van der Waals surface area contributed by atoms with Gasteiger partial charge in [0, 0.05) is 43.1 Å². The van der Waals surface area contributed by atoms with Gasteiger partial charge in [0.05, 0.1) is 5.69 Å². The summed E-state index contributed by atoms with van der Waals surface area (Å²) in [6.45, 7) is 4.75. The lowest BCUT2D eigenvalue weighted by molar-refractivity contribution is -0.0170. The van der Waals surface area contributed by atoms with Gasteiger partial charge in [-0.1, -0.05) is 6.07 Å². The van der Waals surface area contributed by atoms with Crippen molar-refractivity contribution in [2.75, 3.05) is 46.8 Å². The first-order chi connectivity index (χ1) is 12.6. The van der Waals surface area contributed by atoms with Crippen LogP contribution in [-0.4, -0.2) is 82.7 Å². The molecule has 0 radical (unpaired) electrons. The lowest BCUT2D eigenvalue weighted by Gasteiger charge is -2.52. The molecule has 0 saturated carbocycles. The number of rotatable bonds is 2. The molecule has 2 aliphatic rings. The molecule has 3 heterocycles. The maximum absolute atomic E-state index is 13.2. The Morgan fingerprint density at radius 3 is 2.62 bits per heavy atom. The van der Waals surface area contributed by atoms with E-state index in [0.29, 0.717) is 0 Å². The Labute approximate surface area is 155 Å². The zero-order valence-corrected chi connectivity index (χ0v) is 15.6. The molecule has 0 N–H and O–H groups in total. The van der Waals surface area contributed by atoms with E-state index < -0.39 is 0 Å². The maximum Gasteiger partial charge on any atom is 0.254 e. The van der Waals surface area contributed by atoms with Gasteiger partial charge in [0.25, 0.3) is 5.91 Å². The predicted octanol–water partition coefficient (Wildman–Crippen LogP) is 1.72. The average Bonchev–Trinajstić information content (AvgIpc) is 3.21. The minimum absolute atomic E-state index is 0.125. The van der Waals surface area contributed by atoms with Crippen LogP contribution < -0.4 is 0 Å². The van der Waals surface area contributed by atoms with Gasteiger partial charge in [0.1, 0.15) is 0 Å². The molecule has 0 unspecified atom stereocenters. The maximum atomic E-state index is 13.2. The monoisotopic (exact) mass is 353 g/mol. The number of piperazine rings is 1. The molecule has 0 atom stereocenters. The van der Waals surface area contributed by atoms with Crippen LogP contribution >= 0.6 is 0 Å². The van der Waals surface area contributed by atoms with E-state index in [1.54, 1.807) is 10.9 Å². The van der Waals surface area contributed by atoms with Gasteiger partial charge < -0.3 is 9.80 Å². The molecule has 0 aliphatic carbocycles. The van der Waals surface area contributed by atoms with Gasteiger partial charge in [0.15, 0.2) is 0 Å². The summed E-state index contributed by atoms with van der Waals surface area (Å²) >= 11 is 0. The van der Waals surface area contributed by atoms with Crippen molar-refractivity contribution in [3.63, 3.8) is 0 Å². The zero-order valence-electron chi connectivity index (χ0n) is 15.6. The quantitative estimate of drug-likeness (QED) is 0.825. The number of amides is 1. The van der Waals surface area contributed by atoms with Crippen molar-refractivity contribution in [1.29, 1.82) is 0 Å². The van der Waals surface area contributed by atoms with Crippen molar-refractivity contribution >= 4 is 5.91 Å². The summed E-state index contributed by atoms with van der Waals surface area (Å²) in [5.74, 6) is 0.130. The highest BCUT2D eigenvalue weighted by molar-refractivity contribution is 5.95. The Hall–Kier alpha value is -2.18. The summed E-state index contributed by atoms with van der Waals surface area (Å²) in [6.07, 6.45) is 5.89. The first kappa shape index (κ1) is 17.2. The Balaban J connectivity index is 1.54. The van der Waals surface area contributed by atoms with E-state index in [1.165, 1.54) is 0 Å². The van der Waals surface area contributed by atoms with Crippen molar-refractivity contribution in [3.05, 3.63) is 48.3 Å². The van der Waals surface area contributed by atoms with Gasteiger partial charge in [-0.15, -0.1) is 0 Å². The molecule has 1 aromatic heterocycles. The molecule has 1 aromatic carbocycles. The third-order valence-corrected chi connectivity index (χ3v) is 6.07. The van der Waals surface area contributed by atoms with Crippen LogP contribution in [0.4, 0.5) is 0 Å². The van der Waals surface area contributed by atoms with Crippen molar-refractivity contribution < 1.29 is 4.79 Å². The number of piperidine rings is 1. The fraction of sp³-hybridized carbons (Fsp3) is 0.500. The van der Waals surface area contributed by atoms with E-state index >= 15 is 0 Å². The minimum Gasteiger partial charge on any atom is -0.336 e. The second kappa shape index (κ2) is 6.85. The van der Waals surface area contributed by atoms with Crippen LogP contribution in [0.2, 0.25) is 0 Å². The van der Waals surface area contributed by atoms with E-state index in [0.717, 1.165) is 56.8 Å². The van der Waals surface area contributed by atoms with Gasteiger partial charge in [-0.2, -0.15) is 5.10 Å². The SMILES string of the molecule is CN1CCC2(CC1)CN(C(=O)c1cccc(-n3cccn3)c1)CCN2C. The second-order valence-corrected chi connectivity index (χ2v) is 7.68. The van der Waals surface area contributed by atoms with Crippen LogP contribution in [0.5, 0.6) is 0 Å². The Kier molecular flexibility index (Phi) is 4.54. The number of hydrogen-bond acceptors (Lipinski definition) is 4. The third-order valence-electron chi connectivity index (χ3n) is 6.07. The van der Waals surface area contributed by atoms with Crippen molar-refractivity contribution in [3.8, 4) is 5.69 Å². The molecule has 2 saturated heterocycles. The number of benzene rings is 1. The van der Waals surface area contributed by atoms with Crippen LogP contribution in [0.3, 0.4) is 0 Å². The fourth-order valence-electron chi connectivity index (χ4n) is 4.20. The number of carbonyl (C=O) groups is 1. The lowest BCUT2D eigenvalue weighted by atomic mass is 9.83. The van der Waals surface area contributed by atoms with E-state index in [4.69, 9.17) is 0 Å². The Morgan fingerprint density at radius 1 is 1.08 bits per heavy atom. The molecule has 6 heteroatoms. The van der Waals surface area contributed by atoms with Crippen LogP contribution in [0.15, 0.2) is 42.7 Å². The first-order valence-corrected chi connectivity index (χ1v) is 9.37. The molecule has 2 aromatic rings. The number of nitrogens with zero attached hydrogens (tertiary/aromatic N) is 5. The number of likely N-dealkylation sites (N-methyl/N-ethyl adjacent to an activating group) is 1. The van der Waals surface area contributed by atoms with Gasteiger partial charge in [-0.3, -0.25) is 9.69 Å². The Bertz CT molecular complexity index is 764. The van der Waals surface area contributed by atoms with Crippen LogP contribution in [0, 0.1) is 0 Å². The summed E-state index contributed by atoms with van der Waals surface area (Å²) in [7, 11) is 4.39. The number of aromatic nitrogens is 2. The first-order valence-electron chi connectivity index (χ1n) is 9.37. The van der Waals surface area contributed by atoms with Crippen LogP contribution in [0.1, 0.15) is 23.2 Å². The highest BCUT2D eigenvalue weighted by Crippen LogP contribution is 2.31. The largest absolute Gasteiger partial charge is 0.336 e. The summed E-state index contributed by atoms with van der Waals surface area (Å²) in [5, 5.41) is 4.27. The molecule has 0 bridgehead atoms. The highest BCUT2D eigenvalue weighted by Gasteiger charge is 2.42. The molecule has 2 fully saturated rings. The second-order valence-electron chi connectivity index (χ2n) is 7.68. The molecule has 26 heavy (non-hydrogen) atoms. The topological polar surface area (TPSA) is 44.6 Å². The molecular weight excluding hydrogens is 326 g/mol. The summed E-state index contributed by atoms with van der Waals surface area (Å²) in [4.78, 5) is 20.1. The van der Waals surface area contributed by atoms with E-state index in [9.17, 15) is 4.79 Å². The van der Waals surface area contributed by atoms with Crippen LogP contribution in [-0.2, 0) is 0 Å². The molecule has 2 aliphatic heterocycles. The molecule has 138 valence electrons. The van der Waals surface area contributed by atoms with Crippen molar-refractivity contribution in [2.24, 2.45) is 0 Å². The molecule has 1 spiro atoms. The van der Waals surface area contributed by atoms with E-state index in [1.807, 2.05) is 41.4 Å². The standard InChI is InChI=1S/C20H27N5O/c1-22-11-7-20(8-12-22)16-24(14-13-23(20)2)19(26)17-5-3-6-18(15-17)25-10-4-9-21-25/h3-6,9-10,15H,7-8,11-14,16H2,1-2H3. The Morgan fingerprint density at radius 2 is 1.88 bits per heavy atom. The van der Waals surface area contributed by atoms with Crippen molar-refractivity contribution in [2.45, 2.75) is 18.4 Å². The van der Waals surface area contributed by atoms with Crippen LogP contribution in [0.25, 0.3) is 5.69 Å². The van der Waals surface area contributed by atoms with Crippen molar-refractivity contribution in [1.82, 2.24) is 24.5 Å².